The lowest BCUT2D eigenvalue weighted by atomic mass is 9.98. The Morgan fingerprint density at radius 2 is 2.24 bits per heavy atom. The molecular weight excluding hydrogens is 349 g/mol. The molecule has 0 spiro atoms. The lowest BCUT2D eigenvalue weighted by Crippen LogP contribution is -2.27. The van der Waals surface area contributed by atoms with Crippen LogP contribution in [0.5, 0.6) is 5.75 Å². The molecule has 1 aromatic heterocycles. The molecule has 0 bridgehead atoms. The number of rotatable bonds is 5. The molecule has 1 aliphatic rings. The number of aryl methyl sites for hydroxylation is 1. The Morgan fingerprint density at radius 3 is 2.96 bits per heavy atom. The van der Waals surface area contributed by atoms with Gasteiger partial charge in [0.05, 0.1) is 5.02 Å². The first kappa shape index (κ1) is 17.6. The molecule has 1 aromatic carbocycles. The Kier molecular flexibility index (Phi) is 5.50. The standard InChI is InChI=1S/C16H19ClFN5O2/c1-23-16(21-15(22-23)10-4-6-19-7-5-10)20-14(24)9-25-11-2-3-13(18)12(17)8-11/h2-3,8,10,19H,4-7,9H2,1H3,(H,20,21,22,24). The number of hydrogen-bond donors (Lipinski definition) is 2. The zero-order valence-corrected chi connectivity index (χ0v) is 14.5. The Labute approximate surface area is 149 Å². The number of benzene rings is 1. The van der Waals surface area contributed by atoms with E-state index in [1.165, 1.54) is 18.2 Å². The van der Waals surface area contributed by atoms with E-state index >= 15 is 0 Å². The minimum Gasteiger partial charge on any atom is -0.484 e. The van der Waals surface area contributed by atoms with Crippen LogP contribution in [0.4, 0.5) is 10.3 Å². The van der Waals surface area contributed by atoms with Gasteiger partial charge in [0.15, 0.2) is 12.4 Å². The minimum absolute atomic E-state index is 0.0576. The highest BCUT2D eigenvalue weighted by Crippen LogP contribution is 2.23. The summed E-state index contributed by atoms with van der Waals surface area (Å²) in [6, 6.07) is 3.91. The smallest absolute Gasteiger partial charge is 0.264 e. The summed E-state index contributed by atoms with van der Waals surface area (Å²) in [5.41, 5.74) is 0. The first-order chi connectivity index (χ1) is 12.0. The molecule has 0 aliphatic carbocycles. The quantitative estimate of drug-likeness (QED) is 0.845. The van der Waals surface area contributed by atoms with Crippen molar-refractivity contribution in [3.63, 3.8) is 0 Å². The van der Waals surface area contributed by atoms with Crippen LogP contribution in [0.1, 0.15) is 24.6 Å². The Hall–Kier alpha value is -2.19. The SMILES string of the molecule is Cn1nc(C2CCNCC2)nc1NC(=O)COc1ccc(F)c(Cl)c1. The van der Waals surface area contributed by atoms with Crippen LogP contribution in [0.25, 0.3) is 0 Å². The molecular formula is C16H19ClFN5O2. The van der Waals surface area contributed by atoms with Gasteiger partial charge in [0.2, 0.25) is 5.95 Å². The van der Waals surface area contributed by atoms with Crippen molar-refractivity contribution in [3.05, 3.63) is 34.9 Å². The van der Waals surface area contributed by atoms with Crippen LogP contribution in [-0.2, 0) is 11.8 Å². The average Bonchev–Trinajstić information content (AvgIpc) is 2.97. The summed E-state index contributed by atoms with van der Waals surface area (Å²) in [7, 11) is 1.73. The second kappa shape index (κ2) is 7.79. The van der Waals surface area contributed by atoms with Gasteiger partial charge in [-0.25, -0.2) is 9.07 Å². The summed E-state index contributed by atoms with van der Waals surface area (Å²) >= 11 is 5.67. The summed E-state index contributed by atoms with van der Waals surface area (Å²) in [5.74, 6) is 0.811. The van der Waals surface area contributed by atoms with E-state index in [1.807, 2.05) is 0 Å². The molecule has 1 aliphatic heterocycles. The van der Waals surface area contributed by atoms with Crippen molar-refractivity contribution in [1.82, 2.24) is 20.1 Å². The van der Waals surface area contributed by atoms with E-state index in [0.29, 0.717) is 17.6 Å². The van der Waals surface area contributed by atoms with Crippen LogP contribution in [0.3, 0.4) is 0 Å². The molecule has 2 aromatic rings. The zero-order valence-electron chi connectivity index (χ0n) is 13.8. The van der Waals surface area contributed by atoms with Crippen LogP contribution in [0.15, 0.2) is 18.2 Å². The van der Waals surface area contributed by atoms with Gasteiger partial charge in [-0.3, -0.25) is 10.1 Å². The van der Waals surface area contributed by atoms with E-state index in [0.717, 1.165) is 31.8 Å². The van der Waals surface area contributed by atoms with Crippen molar-refractivity contribution in [2.75, 3.05) is 25.0 Å². The van der Waals surface area contributed by atoms with Crippen molar-refractivity contribution >= 4 is 23.5 Å². The van der Waals surface area contributed by atoms with Gasteiger partial charge in [-0.15, -0.1) is 0 Å². The van der Waals surface area contributed by atoms with Crippen molar-refractivity contribution in [1.29, 1.82) is 0 Å². The number of aromatic nitrogens is 3. The largest absolute Gasteiger partial charge is 0.484 e. The van der Waals surface area contributed by atoms with E-state index in [4.69, 9.17) is 16.3 Å². The molecule has 2 N–H and O–H groups in total. The third kappa shape index (κ3) is 4.46. The molecule has 0 unspecified atom stereocenters. The Bertz CT molecular complexity index is 761. The Morgan fingerprint density at radius 1 is 1.48 bits per heavy atom. The predicted octanol–water partition coefficient (Wildman–Crippen LogP) is 2.09. The number of anilines is 1. The predicted molar refractivity (Wildman–Crippen MR) is 91.4 cm³/mol. The van der Waals surface area contributed by atoms with Gasteiger partial charge in [-0.2, -0.15) is 10.1 Å². The van der Waals surface area contributed by atoms with Gasteiger partial charge in [-0.1, -0.05) is 11.6 Å². The maximum Gasteiger partial charge on any atom is 0.264 e. The van der Waals surface area contributed by atoms with Crippen LogP contribution in [0, 0.1) is 5.82 Å². The molecule has 0 radical (unpaired) electrons. The molecule has 7 nitrogen and oxygen atoms in total. The van der Waals surface area contributed by atoms with Gasteiger partial charge in [0.25, 0.3) is 5.91 Å². The molecule has 1 fully saturated rings. The van der Waals surface area contributed by atoms with Gasteiger partial charge < -0.3 is 10.1 Å². The van der Waals surface area contributed by atoms with Crippen molar-refractivity contribution in [2.45, 2.75) is 18.8 Å². The number of nitrogens with one attached hydrogen (secondary N) is 2. The summed E-state index contributed by atoms with van der Waals surface area (Å²) in [5, 5.41) is 10.3. The van der Waals surface area contributed by atoms with Gasteiger partial charge in [-0.05, 0) is 38.1 Å². The maximum absolute atomic E-state index is 13.1. The number of hydrogen-bond acceptors (Lipinski definition) is 5. The topological polar surface area (TPSA) is 81.1 Å². The monoisotopic (exact) mass is 367 g/mol. The second-order valence-electron chi connectivity index (χ2n) is 5.85. The molecule has 134 valence electrons. The molecule has 1 saturated heterocycles. The van der Waals surface area contributed by atoms with E-state index in [2.05, 4.69) is 20.7 Å². The van der Waals surface area contributed by atoms with E-state index < -0.39 is 5.82 Å². The zero-order chi connectivity index (χ0) is 17.8. The number of nitrogens with zero attached hydrogens (tertiary/aromatic N) is 3. The van der Waals surface area contributed by atoms with Crippen molar-refractivity contribution in [2.24, 2.45) is 7.05 Å². The number of halogens is 2. The maximum atomic E-state index is 13.1. The highest BCUT2D eigenvalue weighted by Gasteiger charge is 2.21. The third-order valence-corrected chi connectivity index (χ3v) is 4.29. The van der Waals surface area contributed by atoms with Crippen LogP contribution in [-0.4, -0.2) is 40.4 Å². The molecule has 1 amide bonds. The molecule has 0 atom stereocenters. The van der Waals surface area contributed by atoms with Crippen molar-refractivity contribution < 1.29 is 13.9 Å². The fraction of sp³-hybridized carbons (Fsp3) is 0.438. The third-order valence-electron chi connectivity index (χ3n) is 4.00. The van der Waals surface area contributed by atoms with Gasteiger partial charge in [0, 0.05) is 19.0 Å². The van der Waals surface area contributed by atoms with Crippen molar-refractivity contribution in [3.8, 4) is 5.75 Å². The summed E-state index contributed by atoms with van der Waals surface area (Å²) in [6.45, 7) is 1.65. The normalized spacial score (nSPS) is 15.2. The molecule has 25 heavy (non-hydrogen) atoms. The molecule has 2 heterocycles. The lowest BCUT2D eigenvalue weighted by molar-refractivity contribution is -0.118. The van der Waals surface area contributed by atoms with Crippen LogP contribution < -0.4 is 15.4 Å². The minimum atomic E-state index is -0.539. The number of amides is 1. The number of carbonyl (C=O) groups excluding carboxylic acids is 1. The van der Waals surface area contributed by atoms with E-state index in [-0.39, 0.29) is 17.5 Å². The van der Waals surface area contributed by atoms with Gasteiger partial charge >= 0.3 is 0 Å². The lowest BCUT2D eigenvalue weighted by Gasteiger charge is -2.19. The fourth-order valence-corrected chi connectivity index (χ4v) is 2.81. The first-order valence-corrected chi connectivity index (χ1v) is 8.40. The summed E-state index contributed by atoms with van der Waals surface area (Å²) in [6.07, 6.45) is 1.96. The highest BCUT2D eigenvalue weighted by molar-refractivity contribution is 6.30. The van der Waals surface area contributed by atoms with E-state index in [9.17, 15) is 9.18 Å². The molecule has 0 saturated carbocycles. The van der Waals surface area contributed by atoms with Gasteiger partial charge in [0.1, 0.15) is 11.6 Å². The average molecular weight is 368 g/mol. The summed E-state index contributed by atoms with van der Waals surface area (Å²) in [4.78, 5) is 16.5. The van der Waals surface area contributed by atoms with Crippen LogP contribution >= 0.6 is 11.6 Å². The molecule has 9 heteroatoms. The molecule has 3 rings (SSSR count). The van der Waals surface area contributed by atoms with Crippen LogP contribution in [0.2, 0.25) is 5.02 Å². The second-order valence-corrected chi connectivity index (χ2v) is 6.26. The number of ether oxygens (including phenoxy) is 1. The number of carbonyl (C=O) groups is 1. The van der Waals surface area contributed by atoms with E-state index in [1.54, 1.807) is 11.7 Å². The number of piperidine rings is 1. The Balaban J connectivity index is 1.57. The first-order valence-electron chi connectivity index (χ1n) is 8.02. The fourth-order valence-electron chi connectivity index (χ4n) is 2.64. The summed E-state index contributed by atoms with van der Waals surface area (Å²) < 4.78 is 20.0. The highest BCUT2D eigenvalue weighted by atomic mass is 35.5.